The molecule has 0 radical (unpaired) electrons. The number of epoxide rings is 1. The van der Waals surface area contributed by atoms with Crippen molar-refractivity contribution in [3.63, 3.8) is 0 Å². The average molecular weight is 930 g/mol. The van der Waals surface area contributed by atoms with Gasteiger partial charge in [-0.05, 0) is 107 Å². The second-order valence-corrected chi connectivity index (χ2v) is 20.3. The fourth-order valence-corrected chi connectivity index (χ4v) is 10.6. The van der Waals surface area contributed by atoms with Crippen molar-refractivity contribution in [3.05, 3.63) is 35.5 Å². The highest BCUT2D eigenvalue weighted by atomic mass is 16.6. The number of carbonyl (C=O) groups is 5. The first-order valence-corrected chi connectivity index (χ1v) is 24.4. The maximum Gasteiger partial charge on any atom is 0.329 e. The lowest BCUT2D eigenvalue weighted by Crippen LogP contribution is -2.61. The summed E-state index contributed by atoms with van der Waals surface area (Å²) in [5, 5.41) is 33.9. The first kappa shape index (κ1) is 53.8. The van der Waals surface area contributed by atoms with Crippen molar-refractivity contribution in [2.24, 2.45) is 35.5 Å². The summed E-state index contributed by atoms with van der Waals surface area (Å²) in [6, 6.07) is -1.14. The molecule has 372 valence electrons. The van der Waals surface area contributed by atoms with Gasteiger partial charge < -0.3 is 48.6 Å². The van der Waals surface area contributed by atoms with Gasteiger partial charge >= 0.3 is 5.97 Å². The van der Waals surface area contributed by atoms with Gasteiger partial charge in [0.05, 0.1) is 24.4 Å². The zero-order valence-corrected chi connectivity index (χ0v) is 41.0. The third-order valence-corrected chi connectivity index (χ3v) is 15.1. The van der Waals surface area contributed by atoms with Gasteiger partial charge in [0.15, 0.2) is 5.78 Å². The zero-order chi connectivity index (χ0) is 48.6. The summed E-state index contributed by atoms with van der Waals surface area (Å²) in [6.45, 7) is 12.7. The lowest BCUT2D eigenvalue weighted by atomic mass is 9.78. The predicted molar refractivity (Wildman–Crippen MR) is 245 cm³/mol. The molecular weight excluding hydrogens is 851 g/mol. The van der Waals surface area contributed by atoms with E-state index in [2.05, 4.69) is 0 Å². The maximum atomic E-state index is 14.4. The smallest absolute Gasteiger partial charge is 0.329 e. The van der Waals surface area contributed by atoms with Gasteiger partial charge in [0.25, 0.3) is 11.7 Å². The second kappa shape index (κ2) is 23.9. The SMILES string of the molecule is COC1CC2CCC(C)[C@@](O)(O2)C(=O)C(=O)N2CCCCC2C(=O)OC(C(C)CC2CCC(O)C(OC)C2)CC(=O)C(C)/C=C(\C)C(O)C(OC)C(=O)C(C)CC(C)/C=C\C2OC2/C=C\1C. The number of nitrogens with zero attached hydrogens (tertiary/aromatic N) is 1. The van der Waals surface area contributed by atoms with Crippen molar-refractivity contribution in [1.29, 1.82) is 0 Å². The molecule has 1 aliphatic carbocycles. The number of carbonyl (C=O) groups excluding carboxylic acids is 5. The lowest BCUT2D eigenvalue weighted by molar-refractivity contribution is -0.265. The van der Waals surface area contributed by atoms with E-state index >= 15 is 0 Å². The number of methoxy groups -OCH3 is 3. The van der Waals surface area contributed by atoms with E-state index in [0.717, 1.165) is 12.0 Å². The number of cyclic esters (lactones) is 1. The number of rotatable bonds is 6. The third-order valence-electron chi connectivity index (χ3n) is 15.1. The summed E-state index contributed by atoms with van der Waals surface area (Å²) in [6.07, 6.45) is 7.14. The minimum Gasteiger partial charge on any atom is -0.460 e. The first-order chi connectivity index (χ1) is 31.2. The van der Waals surface area contributed by atoms with Gasteiger partial charge in [-0.15, -0.1) is 0 Å². The molecule has 3 N–H and O–H groups in total. The molecule has 15 nitrogen and oxygen atoms in total. The zero-order valence-electron chi connectivity index (χ0n) is 41.0. The average Bonchev–Trinajstić information content (AvgIpc) is 4.05. The Bertz CT molecular complexity index is 1800. The lowest BCUT2D eigenvalue weighted by Gasteiger charge is -2.42. The van der Waals surface area contributed by atoms with Crippen LogP contribution in [0.4, 0.5) is 0 Å². The van der Waals surface area contributed by atoms with Crippen molar-refractivity contribution in [1.82, 2.24) is 4.90 Å². The molecule has 1 amide bonds. The van der Waals surface area contributed by atoms with Gasteiger partial charge in [-0.2, -0.15) is 0 Å². The Hall–Kier alpha value is -3.15. The topological polar surface area (TPSA) is 208 Å². The molecule has 15 heteroatoms. The minimum absolute atomic E-state index is 0.000977. The number of ketones is 3. The van der Waals surface area contributed by atoms with Crippen LogP contribution in [0.1, 0.15) is 126 Å². The largest absolute Gasteiger partial charge is 0.460 e. The molecule has 0 aromatic rings. The fraction of sp³-hybridized carbons (Fsp3) is 0.784. The van der Waals surface area contributed by atoms with Crippen LogP contribution in [0.25, 0.3) is 0 Å². The number of allylic oxidation sites excluding steroid dienone is 2. The van der Waals surface area contributed by atoms with Crippen molar-refractivity contribution >= 4 is 29.2 Å². The van der Waals surface area contributed by atoms with E-state index in [1.165, 1.54) is 12.0 Å². The summed E-state index contributed by atoms with van der Waals surface area (Å²) in [5.41, 5.74) is 1.26. The van der Waals surface area contributed by atoms with E-state index in [0.29, 0.717) is 63.4 Å². The van der Waals surface area contributed by atoms with Crippen molar-refractivity contribution in [3.8, 4) is 0 Å². The predicted octanol–water partition coefficient (Wildman–Crippen LogP) is 5.39. The Morgan fingerprint density at radius 2 is 1.56 bits per heavy atom. The van der Waals surface area contributed by atoms with Crippen molar-refractivity contribution in [2.75, 3.05) is 27.9 Å². The summed E-state index contributed by atoms with van der Waals surface area (Å²) < 4.78 is 35.4. The fourth-order valence-electron chi connectivity index (χ4n) is 10.6. The van der Waals surface area contributed by atoms with Gasteiger partial charge in [0.1, 0.15) is 42.3 Å². The molecule has 4 heterocycles. The molecule has 4 aliphatic heterocycles. The van der Waals surface area contributed by atoms with E-state index in [4.69, 9.17) is 28.4 Å². The molecule has 2 bridgehead atoms. The minimum atomic E-state index is -2.44. The number of ether oxygens (including phenoxy) is 6. The Morgan fingerprint density at radius 1 is 0.833 bits per heavy atom. The number of Topliss-reactive ketones (excluding diaryl/α,β-unsaturated/α-hetero) is 3. The molecular formula is C51H79NO14. The molecule has 4 fully saturated rings. The second-order valence-electron chi connectivity index (χ2n) is 20.3. The highest BCUT2D eigenvalue weighted by Gasteiger charge is 2.53. The standard InChI is InChI=1S/C51H79NO14/c1-28-14-19-40-44(64-40)24-31(4)41(61-8)26-36-17-15-34(7)51(60,66-36)48(57)49(58)52-20-12-11-13-37(52)50(59)65-42(30(3)23-35-16-18-38(53)43(25-35)62-9)27-39(54)29(2)22-33(6)46(56)47(63-10)45(55)32(5)21-28/h14,19,22,24,28-30,32,34-38,40-44,46-47,53,56,60H,11-13,15-18,20-21,23,25-27H2,1-10H3/b19-14-,31-24-,33-22+/t28?,29?,30?,32?,34?,35?,36?,37?,38?,40?,41?,42?,43?,44?,46?,47?,51-/m1/s1. The molecule has 5 rings (SSSR count). The molecule has 1 saturated carbocycles. The summed E-state index contributed by atoms with van der Waals surface area (Å²) >= 11 is 0. The van der Waals surface area contributed by atoms with Crippen LogP contribution in [0.3, 0.4) is 0 Å². The number of fused-ring (bicyclic) bond motifs is 4. The molecule has 0 spiro atoms. The monoisotopic (exact) mass is 930 g/mol. The van der Waals surface area contributed by atoms with E-state index in [-0.39, 0.29) is 67.0 Å². The number of piperidine rings is 1. The van der Waals surface area contributed by atoms with Gasteiger partial charge in [-0.3, -0.25) is 19.2 Å². The molecule has 66 heavy (non-hydrogen) atoms. The van der Waals surface area contributed by atoms with E-state index < -0.39 is 83.9 Å². The van der Waals surface area contributed by atoms with Crippen molar-refractivity contribution < 1.29 is 67.7 Å². The van der Waals surface area contributed by atoms with E-state index in [1.54, 1.807) is 41.1 Å². The van der Waals surface area contributed by atoms with Crippen molar-refractivity contribution in [2.45, 2.75) is 192 Å². The Labute approximate surface area is 392 Å². The summed E-state index contributed by atoms with van der Waals surface area (Å²) in [7, 11) is 4.52. The Balaban J connectivity index is 1.46. The highest BCUT2D eigenvalue weighted by molar-refractivity contribution is 6.39. The summed E-state index contributed by atoms with van der Waals surface area (Å²) in [4.78, 5) is 72.0. The van der Waals surface area contributed by atoms with Gasteiger partial charge in [-0.1, -0.05) is 58.9 Å². The normalized spacial score (nSPS) is 42.5. The molecule has 0 aromatic heterocycles. The first-order valence-electron chi connectivity index (χ1n) is 24.4. The molecule has 5 aliphatic rings. The van der Waals surface area contributed by atoms with Crippen LogP contribution < -0.4 is 0 Å². The molecule has 16 unspecified atom stereocenters. The number of aliphatic hydroxyl groups is 3. The number of aliphatic hydroxyl groups excluding tert-OH is 2. The Kier molecular flexibility index (Phi) is 19.5. The third kappa shape index (κ3) is 13.3. The van der Waals surface area contributed by atoms with E-state index in [9.17, 15) is 39.3 Å². The van der Waals surface area contributed by atoms with Gasteiger partial charge in [0.2, 0.25) is 5.79 Å². The number of hydrogen-bond donors (Lipinski definition) is 3. The maximum absolute atomic E-state index is 14.4. The number of hydrogen-bond acceptors (Lipinski definition) is 14. The Morgan fingerprint density at radius 3 is 2.24 bits per heavy atom. The highest BCUT2D eigenvalue weighted by Crippen LogP contribution is 2.38. The molecule has 0 aromatic carbocycles. The molecule has 3 saturated heterocycles. The van der Waals surface area contributed by atoms with Crippen LogP contribution >= 0.6 is 0 Å². The van der Waals surface area contributed by atoms with Crippen LogP contribution in [0.15, 0.2) is 35.5 Å². The van der Waals surface area contributed by atoms with Gasteiger partial charge in [-0.25, -0.2) is 4.79 Å². The van der Waals surface area contributed by atoms with Crippen LogP contribution in [0.5, 0.6) is 0 Å². The van der Waals surface area contributed by atoms with Crippen LogP contribution in [-0.4, -0.2) is 144 Å². The molecule has 17 atom stereocenters. The van der Waals surface area contributed by atoms with Crippen LogP contribution in [-0.2, 0) is 52.4 Å². The van der Waals surface area contributed by atoms with Gasteiger partial charge in [0, 0.05) is 58.5 Å². The summed E-state index contributed by atoms with van der Waals surface area (Å²) in [5.74, 6) is -8.03. The number of amides is 1. The van der Waals surface area contributed by atoms with Crippen LogP contribution in [0, 0.1) is 35.5 Å². The van der Waals surface area contributed by atoms with Crippen LogP contribution in [0.2, 0.25) is 0 Å². The quantitative estimate of drug-likeness (QED) is 0.132. The van der Waals surface area contributed by atoms with E-state index in [1.807, 2.05) is 45.9 Å². The number of esters is 1.